The molecule has 160 valence electrons. The lowest BCUT2D eigenvalue weighted by Gasteiger charge is -2.36. The molecule has 5 rings (SSSR count). The van der Waals surface area contributed by atoms with Gasteiger partial charge in [0.15, 0.2) is 0 Å². The summed E-state index contributed by atoms with van der Waals surface area (Å²) in [4.78, 5) is 18.9. The summed E-state index contributed by atoms with van der Waals surface area (Å²) < 4.78 is 2.20. The molecule has 3 aliphatic rings. The summed E-state index contributed by atoms with van der Waals surface area (Å²) >= 11 is 0. The Balaban J connectivity index is 1.17. The molecule has 1 aliphatic carbocycles. The van der Waals surface area contributed by atoms with Gasteiger partial charge in [0.2, 0.25) is 0 Å². The van der Waals surface area contributed by atoms with Crippen molar-refractivity contribution < 1.29 is 9.90 Å². The van der Waals surface area contributed by atoms with Gasteiger partial charge < -0.3 is 19.9 Å². The summed E-state index contributed by atoms with van der Waals surface area (Å²) in [6.07, 6.45) is 11.8. The van der Waals surface area contributed by atoms with Crippen LogP contribution in [-0.4, -0.2) is 50.8 Å². The smallest absolute Gasteiger partial charge is 0.317 e. The zero-order valence-electron chi connectivity index (χ0n) is 17.5. The Morgan fingerprint density at radius 2 is 1.90 bits per heavy atom. The van der Waals surface area contributed by atoms with E-state index in [0.29, 0.717) is 12.5 Å². The van der Waals surface area contributed by atoms with Crippen LogP contribution in [0.2, 0.25) is 0 Å². The molecule has 3 heterocycles. The standard InChI is InChI=1S/C24H32N4O2/c29-23(14-21-19-8-4-5-9-20(19)22-15-25-16-28(21)22)17-10-12-27(13-11-17)24(30)26-18-6-2-1-3-7-18/h4-5,8-9,15-18,21,23,29H,1-3,6-7,10-14H2,(H,26,30)/t21-,23+/m1/s1. The van der Waals surface area contributed by atoms with Gasteiger partial charge in [0.05, 0.1) is 30.4 Å². The Bertz CT molecular complexity index is 881. The van der Waals surface area contributed by atoms with Gasteiger partial charge in [-0.05, 0) is 43.6 Å². The van der Waals surface area contributed by atoms with Crippen LogP contribution in [0.5, 0.6) is 0 Å². The minimum Gasteiger partial charge on any atom is -0.393 e. The highest BCUT2D eigenvalue weighted by Gasteiger charge is 2.34. The summed E-state index contributed by atoms with van der Waals surface area (Å²) in [6, 6.07) is 9.01. The molecule has 2 aliphatic heterocycles. The van der Waals surface area contributed by atoms with Crippen LogP contribution in [0.1, 0.15) is 63.0 Å². The van der Waals surface area contributed by atoms with E-state index < -0.39 is 0 Å². The first-order valence-corrected chi connectivity index (χ1v) is 11.6. The number of aliphatic hydroxyl groups is 1. The normalized spacial score (nSPS) is 23.1. The minimum absolute atomic E-state index is 0.0858. The summed E-state index contributed by atoms with van der Waals surface area (Å²) in [5, 5.41) is 14.3. The molecule has 30 heavy (non-hydrogen) atoms. The number of aromatic nitrogens is 2. The number of aliphatic hydroxyl groups excluding tert-OH is 1. The molecule has 6 nitrogen and oxygen atoms in total. The highest BCUT2D eigenvalue weighted by atomic mass is 16.3. The van der Waals surface area contributed by atoms with Crippen LogP contribution in [0.25, 0.3) is 11.3 Å². The third kappa shape index (κ3) is 3.73. The second kappa shape index (κ2) is 8.42. The van der Waals surface area contributed by atoms with Crippen LogP contribution in [0.4, 0.5) is 4.79 Å². The first kappa shape index (κ1) is 19.6. The fourth-order valence-electron chi connectivity index (χ4n) is 5.59. The first-order chi connectivity index (χ1) is 14.7. The lowest BCUT2D eigenvalue weighted by Crippen LogP contribution is -2.49. The van der Waals surface area contributed by atoms with Crippen molar-refractivity contribution in [2.24, 2.45) is 5.92 Å². The maximum atomic E-state index is 12.6. The second-order valence-electron chi connectivity index (χ2n) is 9.20. The lowest BCUT2D eigenvalue weighted by atomic mass is 9.86. The number of imidazole rings is 1. The van der Waals surface area contributed by atoms with Gasteiger partial charge in [-0.2, -0.15) is 0 Å². The lowest BCUT2D eigenvalue weighted by molar-refractivity contribution is 0.0534. The van der Waals surface area contributed by atoms with Crippen molar-refractivity contribution in [2.75, 3.05) is 13.1 Å². The minimum atomic E-state index is -0.375. The molecule has 2 atom stereocenters. The van der Waals surface area contributed by atoms with Crippen molar-refractivity contribution in [1.29, 1.82) is 0 Å². The number of urea groups is 1. The molecule has 6 heteroatoms. The number of piperidine rings is 1. The fraction of sp³-hybridized carbons (Fsp3) is 0.583. The molecule has 1 saturated carbocycles. The Kier molecular flexibility index (Phi) is 5.50. The highest BCUT2D eigenvalue weighted by Crippen LogP contribution is 2.42. The van der Waals surface area contributed by atoms with Crippen molar-refractivity contribution in [1.82, 2.24) is 19.8 Å². The van der Waals surface area contributed by atoms with Crippen molar-refractivity contribution in [3.8, 4) is 11.3 Å². The number of rotatable bonds is 4. The van der Waals surface area contributed by atoms with Gasteiger partial charge in [-0.1, -0.05) is 43.5 Å². The fourth-order valence-corrected chi connectivity index (χ4v) is 5.59. The average Bonchev–Trinajstić information content (AvgIpc) is 3.37. The maximum Gasteiger partial charge on any atom is 0.317 e. The van der Waals surface area contributed by atoms with Crippen LogP contribution in [0, 0.1) is 5.92 Å². The molecule has 1 saturated heterocycles. The number of carbonyl (C=O) groups excluding carboxylic acids is 1. The number of fused-ring (bicyclic) bond motifs is 3. The van der Waals surface area contributed by atoms with E-state index in [0.717, 1.165) is 44.5 Å². The third-order valence-electron chi connectivity index (χ3n) is 7.37. The van der Waals surface area contributed by atoms with Crippen LogP contribution in [0.15, 0.2) is 36.8 Å². The van der Waals surface area contributed by atoms with Crippen molar-refractivity contribution >= 4 is 6.03 Å². The summed E-state index contributed by atoms with van der Waals surface area (Å²) in [5.41, 5.74) is 3.64. The van der Waals surface area contributed by atoms with Crippen LogP contribution >= 0.6 is 0 Å². The Labute approximate surface area is 178 Å². The third-order valence-corrected chi connectivity index (χ3v) is 7.37. The van der Waals surface area contributed by atoms with Gasteiger partial charge in [-0.15, -0.1) is 0 Å². The van der Waals surface area contributed by atoms with Gasteiger partial charge in [0.1, 0.15) is 0 Å². The molecule has 2 aromatic rings. The molecular weight excluding hydrogens is 376 g/mol. The van der Waals surface area contributed by atoms with Crippen LogP contribution < -0.4 is 5.32 Å². The molecule has 0 bridgehead atoms. The molecule has 0 spiro atoms. The number of benzene rings is 1. The van der Waals surface area contributed by atoms with Gasteiger partial charge in [-0.3, -0.25) is 0 Å². The Morgan fingerprint density at radius 3 is 2.70 bits per heavy atom. The monoisotopic (exact) mass is 408 g/mol. The van der Waals surface area contributed by atoms with E-state index in [4.69, 9.17) is 0 Å². The predicted octanol–water partition coefficient (Wildman–Crippen LogP) is 3.96. The second-order valence-corrected chi connectivity index (χ2v) is 9.20. The first-order valence-electron chi connectivity index (χ1n) is 11.6. The number of carbonyl (C=O) groups is 1. The largest absolute Gasteiger partial charge is 0.393 e. The number of hydrogen-bond acceptors (Lipinski definition) is 3. The van der Waals surface area contributed by atoms with Crippen molar-refractivity contribution in [2.45, 2.75) is 69.6 Å². The molecule has 0 radical (unpaired) electrons. The van der Waals surface area contributed by atoms with E-state index in [1.807, 2.05) is 17.4 Å². The Hall–Kier alpha value is -2.34. The van der Waals surface area contributed by atoms with Gasteiger partial charge in [-0.25, -0.2) is 9.78 Å². The maximum absolute atomic E-state index is 12.6. The van der Waals surface area contributed by atoms with E-state index in [1.54, 1.807) is 0 Å². The summed E-state index contributed by atoms with van der Waals surface area (Å²) in [6.45, 7) is 1.47. The highest BCUT2D eigenvalue weighted by molar-refractivity contribution is 5.74. The molecule has 2 N–H and O–H groups in total. The number of amides is 2. The zero-order chi connectivity index (χ0) is 20.5. The van der Waals surface area contributed by atoms with Crippen LogP contribution in [-0.2, 0) is 0 Å². The van der Waals surface area contributed by atoms with E-state index in [1.165, 1.54) is 30.4 Å². The van der Waals surface area contributed by atoms with Gasteiger partial charge in [0, 0.05) is 24.7 Å². The summed E-state index contributed by atoms with van der Waals surface area (Å²) in [7, 11) is 0. The molecular formula is C24H32N4O2. The number of nitrogens with one attached hydrogen (secondary N) is 1. The molecule has 1 aromatic carbocycles. The SMILES string of the molecule is O=C(NC1CCCCC1)N1CCC([C@@H](O)C[C@@H]2c3ccccc3-c3cncn32)CC1. The number of likely N-dealkylation sites (tertiary alicyclic amines) is 1. The number of nitrogens with zero attached hydrogens (tertiary/aromatic N) is 3. The molecule has 2 fully saturated rings. The zero-order valence-corrected chi connectivity index (χ0v) is 17.5. The average molecular weight is 409 g/mol. The van der Waals surface area contributed by atoms with Crippen LogP contribution in [0.3, 0.4) is 0 Å². The van der Waals surface area contributed by atoms with E-state index in [-0.39, 0.29) is 24.1 Å². The van der Waals surface area contributed by atoms with Gasteiger partial charge >= 0.3 is 6.03 Å². The van der Waals surface area contributed by atoms with Gasteiger partial charge in [0.25, 0.3) is 0 Å². The van der Waals surface area contributed by atoms with E-state index >= 15 is 0 Å². The Morgan fingerprint density at radius 1 is 1.13 bits per heavy atom. The van der Waals surface area contributed by atoms with Crippen molar-refractivity contribution in [3.63, 3.8) is 0 Å². The van der Waals surface area contributed by atoms with E-state index in [2.05, 4.69) is 39.1 Å². The molecule has 2 amide bonds. The molecule has 0 unspecified atom stereocenters. The summed E-state index contributed by atoms with van der Waals surface area (Å²) in [5.74, 6) is 0.239. The number of hydrogen-bond donors (Lipinski definition) is 2. The topological polar surface area (TPSA) is 70.4 Å². The predicted molar refractivity (Wildman–Crippen MR) is 116 cm³/mol. The quantitative estimate of drug-likeness (QED) is 0.805. The van der Waals surface area contributed by atoms with Crippen molar-refractivity contribution in [3.05, 3.63) is 42.4 Å². The molecule has 1 aromatic heterocycles. The van der Waals surface area contributed by atoms with E-state index in [9.17, 15) is 9.90 Å².